The third-order valence-corrected chi connectivity index (χ3v) is 5.30. The second-order valence-corrected chi connectivity index (χ2v) is 7.20. The lowest BCUT2D eigenvalue weighted by molar-refractivity contribution is 0.368. The van der Waals surface area contributed by atoms with E-state index in [0.717, 1.165) is 12.3 Å². The first-order chi connectivity index (χ1) is 9.63. The molecular formula is C16H22N2OS. The van der Waals surface area contributed by atoms with Crippen molar-refractivity contribution in [2.45, 2.75) is 37.5 Å². The van der Waals surface area contributed by atoms with Crippen LogP contribution < -0.4 is 10.1 Å². The van der Waals surface area contributed by atoms with Gasteiger partial charge in [-0.15, -0.1) is 0 Å². The molecule has 2 unspecified atom stereocenters. The van der Waals surface area contributed by atoms with Crippen molar-refractivity contribution in [2.24, 2.45) is 0 Å². The molecule has 0 amide bonds. The molecule has 1 aliphatic heterocycles. The van der Waals surface area contributed by atoms with Gasteiger partial charge in [0, 0.05) is 17.3 Å². The predicted octanol–water partition coefficient (Wildman–Crippen LogP) is 3.53. The zero-order valence-electron chi connectivity index (χ0n) is 12.2. The van der Waals surface area contributed by atoms with Gasteiger partial charge in [-0.25, -0.2) is 0 Å². The average molecular weight is 290 g/mol. The Bertz CT molecular complexity index is 460. The molecule has 0 saturated carbocycles. The van der Waals surface area contributed by atoms with E-state index in [2.05, 4.69) is 43.1 Å². The van der Waals surface area contributed by atoms with Crippen LogP contribution in [0.3, 0.4) is 0 Å². The van der Waals surface area contributed by atoms with Crippen LogP contribution in [0.1, 0.15) is 38.3 Å². The van der Waals surface area contributed by atoms with Crippen molar-refractivity contribution >= 4 is 11.8 Å². The quantitative estimate of drug-likeness (QED) is 0.870. The molecule has 2 rings (SSSR count). The van der Waals surface area contributed by atoms with E-state index >= 15 is 0 Å². The Labute approximate surface area is 125 Å². The first-order valence-electron chi connectivity index (χ1n) is 7.10. The summed E-state index contributed by atoms with van der Waals surface area (Å²) in [5, 5.41) is 12.1. The van der Waals surface area contributed by atoms with Crippen LogP contribution in [0, 0.1) is 11.3 Å². The van der Waals surface area contributed by atoms with Gasteiger partial charge in [0.05, 0.1) is 0 Å². The molecule has 108 valence electrons. The van der Waals surface area contributed by atoms with Gasteiger partial charge in [0.25, 0.3) is 0 Å². The molecule has 0 aromatic heterocycles. The second-order valence-electron chi connectivity index (χ2n) is 5.52. The van der Waals surface area contributed by atoms with Crippen molar-refractivity contribution in [3.8, 4) is 11.8 Å². The summed E-state index contributed by atoms with van der Waals surface area (Å²) in [7, 11) is 0. The van der Waals surface area contributed by atoms with Crippen LogP contribution in [0.15, 0.2) is 24.3 Å². The first kappa shape index (κ1) is 15.2. The van der Waals surface area contributed by atoms with E-state index in [0.29, 0.717) is 10.8 Å². The van der Waals surface area contributed by atoms with Crippen molar-refractivity contribution in [1.29, 1.82) is 5.26 Å². The van der Waals surface area contributed by atoms with Crippen molar-refractivity contribution in [2.75, 3.05) is 18.9 Å². The molecule has 0 bridgehead atoms. The summed E-state index contributed by atoms with van der Waals surface area (Å²) in [6.45, 7) is 5.69. The molecule has 20 heavy (non-hydrogen) atoms. The van der Waals surface area contributed by atoms with Gasteiger partial charge in [-0.2, -0.15) is 17.0 Å². The van der Waals surface area contributed by atoms with Crippen LogP contribution in [0.2, 0.25) is 0 Å². The number of ether oxygens (including phenoxy) is 1. The molecule has 1 N–H and O–H groups in total. The fourth-order valence-electron chi connectivity index (χ4n) is 2.43. The molecule has 0 radical (unpaired) electrons. The molecule has 4 heteroatoms. The van der Waals surface area contributed by atoms with E-state index in [-0.39, 0.29) is 6.61 Å². The van der Waals surface area contributed by atoms with E-state index in [4.69, 9.17) is 10.00 Å². The molecule has 2 atom stereocenters. The largest absolute Gasteiger partial charge is 0.479 e. The van der Waals surface area contributed by atoms with Crippen molar-refractivity contribution in [3.63, 3.8) is 0 Å². The SMILES string of the molecule is CC(NCC1(C)CCCS1)c1ccc(OCC#N)cc1. The number of benzene rings is 1. The molecule has 1 heterocycles. The van der Waals surface area contributed by atoms with Crippen LogP contribution in [-0.2, 0) is 0 Å². The van der Waals surface area contributed by atoms with Gasteiger partial charge < -0.3 is 10.1 Å². The van der Waals surface area contributed by atoms with Gasteiger partial charge in [0.1, 0.15) is 11.8 Å². The van der Waals surface area contributed by atoms with Gasteiger partial charge in [-0.3, -0.25) is 0 Å². The normalized spacial score (nSPS) is 23.2. The summed E-state index contributed by atoms with van der Waals surface area (Å²) in [6, 6.07) is 10.3. The predicted molar refractivity (Wildman–Crippen MR) is 84.1 cm³/mol. The maximum absolute atomic E-state index is 8.48. The highest BCUT2D eigenvalue weighted by Crippen LogP contribution is 2.37. The Morgan fingerprint density at radius 1 is 1.45 bits per heavy atom. The third kappa shape index (κ3) is 4.16. The Morgan fingerprint density at radius 3 is 2.80 bits per heavy atom. The van der Waals surface area contributed by atoms with Crippen molar-refractivity contribution < 1.29 is 4.74 Å². The van der Waals surface area contributed by atoms with Crippen molar-refractivity contribution in [3.05, 3.63) is 29.8 Å². The van der Waals surface area contributed by atoms with Gasteiger partial charge in [0.2, 0.25) is 0 Å². The van der Waals surface area contributed by atoms with Gasteiger partial charge in [-0.05, 0) is 50.1 Å². The molecule has 1 saturated heterocycles. The van der Waals surface area contributed by atoms with Crippen LogP contribution in [-0.4, -0.2) is 23.7 Å². The fourth-order valence-corrected chi connectivity index (χ4v) is 3.69. The van der Waals surface area contributed by atoms with E-state index in [1.165, 1.54) is 24.2 Å². The van der Waals surface area contributed by atoms with Gasteiger partial charge in [0.15, 0.2) is 6.61 Å². The molecule has 1 aromatic carbocycles. The van der Waals surface area contributed by atoms with Crippen LogP contribution >= 0.6 is 11.8 Å². The van der Waals surface area contributed by atoms with Gasteiger partial charge >= 0.3 is 0 Å². The molecule has 1 fully saturated rings. The smallest absolute Gasteiger partial charge is 0.174 e. The minimum absolute atomic E-state index is 0.0999. The Morgan fingerprint density at radius 2 is 2.20 bits per heavy atom. The third-order valence-electron chi connectivity index (χ3n) is 3.77. The lowest BCUT2D eigenvalue weighted by Gasteiger charge is -2.26. The number of nitrogens with one attached hydrogen (secondary N) is 1. The summed E-state index contributed by atoms with van der Waals surface area (Å²) in [5.74, 6) is 2.04. The lowest BCUT2D eigenvalue weighted by Crippen LogP contribution is -2.34. The number of nitriles is 1. The van der Waals surface area contributed by atoms with Crippen molar-refractivity contribution in [1.82, 2.24) is 5.32 Å². The minimum Gasteiger partial charge on any atom is -0.479 e. The fraction of sp³-hybridized carbons (Fsp3) is 0.562. The summed E-state index contributed by atoms with van der Waals surface area (Å²) in [5.41, 5.74) is 1.25. The number of nitrogens with zero attached hydrogens (tertiary/aromatic N) is 1. The highest BCUT2D eigenvalue weighted by atomic mass is 32.2. The molecular weight excluding hydrogens is 268 g/mol. The topological polar surface area (TPSA) is 45.0 Å². The Balaban J connectivity index is 1.85. The first-order valence-corrected chi connectivity index (χ1v) is 8.09. The maximum atomic E-state index is 8.48. The minimum atomic E-state index is 0.0999. The zero-order chi connectivity index (χ0) is 14.4. The summed E-state index contributed by atoms with van der Waals surface area (Å²) in [6.07, 6.45) is 2.64. The summed E-state index contributed by atoms with van der Waals surface area (Å²) in [4.78, 5) is 0. The number of rotatable bonds is 6. The summed E-state index contributed by atoms with van der Waals surface area (Å²) >= 11 is 2.08. The number of hydrogen-bond acceptors (Lipinski definition) is 4. The molecule has 0 spiro atoms. The van der Waals surface area contributed by atoms with Crippen LogP contribution in [0.5, 0.6) is 5.75 Å². The standard InChI is InChI=1S/C16H22N2OS/c1-13(18-12-16(2)8-3-11-20-16)14-4-6-15(7-5-14)19-10-9-17/h4-7,13,18H,3,8,10-12H2,1-2H3. The maximum Gasteiger partial charge on any atom is 0.174 e. The zero-order valence-corrected chi connectivity index (χ0v) is 13.0. The second kappa shape index (κ2) is 7.01. The van der Waals surface area contributed by atoms with Crippen LogP contribution in [0.4, 0.5) is 0 Å². The highest BCUT2D eigenvalue weighted by molar-refractivity contribution is 8.00. The molecule has 1 aromatic rings. The lowest BCUT2D eigenvalue weighted by atomic mass is 10.0. The van der Waals surface area contributed by atoms with E-state index in [1.54, 1.807) is 0 Å². The highest BCUT2D eigenvalue weighted by Gasteiger charge is 2.29. The van der Waals surface area contributed by atoms with Gasteiger partial charge in [-0.1, -0.05) is 12.1 Å². The van der Waals surface area contributed by atoms with E-state index in [1.807, 2.05) is 18.2 Å². The average Bonchev–Trinajstić information content (AvgIpc) is 2.90. The summed E-state index contributed by atoms with van der Waals surface area (Å²) < 4.78 is 5.66. The number of hydrogen-bond donors (Lipinski definition) is 1. The number of thioether (sulfide) groups is 1. The van der Waals surface area contributed by atoms with Crippen LogP contribution in [0.25, 0.3) is 0 Å². The van der Waals surface area contributed by atoms with E-state index < -0.39 is 0 Å². The van der Waals surface area contributed by atoms with E-state index in [9.17, 15) is 0 Å². The Kier molecular flexibility index (Phi) is 5.33. The molecule has 0 aliphatic carbocycles. The monoisotopic (exact) mass is 290 g/mol. The molecule has 3 nitrogen and oxygen atoms in total. The molecule has 1 aliphatic rings. The Hall–Kier alpha value is -1.18.